The summed E-state index contributed by atoms with van der Waals surface area (Å²) in [4.78, 5) is 34.2. The number of esters is 2. The average molecular weight is 331 g/mol. The lowest BCUT2D eigenvalue weighted by Crippen LogP contribution is -2.33. The van der Waals surface area contributed by atoms with Crippen LogP contribution in [0.25, 0.3) is 0 Å². The summed E-state index contributed by atoms with van der Waals surface area (Å²) in [5, 5.41) is 2.38. The number of carbonyl (C=O) groups excluding carboxylic acids is 3. The SMILES string of the molecule is COC(=O)CNC(=O)COC(=O)c1cc(Cl)c(N)cc1OC. The van der Waals surface area contributed by atoms with E-state index in [-0.39, 0.29) is 28.6 Å². The largest absolute Gasteiger partial charge is 0.496 e. The van der Waals surface area contributed by atoms with E-state index in [1.54, 1.807) is 0 Å². The Bertz CT molecular complexity index is 590. The zero-order valence-corrected chi connectivity index (χ0v) is 12.7. The van der Waals surface area contributed by atoms with Crippen LogP contribution in [-0.2, 0) is 19.1 Å². The quantitative estimate of drug-likeness (QED) is 0.572. The van der Waals surface area contributed by atoms with E-state index in [1.807, 2.05) is 0 Å². The first-order valence-electron chi connectivity index (χ1n) is 6.02. The number of hydrogen-bond donors (Lipinski definition) is 2. The standard InChI is InChI=1S/C13H15ClN2O6/c1-20-10-4-9(15)8(14)3-7(10)13(19)22-6-11(17)16-5-12(18)21-2/h3-4H,5-6,15H2,1-2H3,(H,16,17). The zero-order valence-electron chi connectivity index (χ0n) is 12.0. The molecule has 0 saturated carbocycles. The summed E-state index contributed by atoms with van der Waals surface area (Å²) < 4.78 is 14.2. The molecule has 0 bridgehead atoms. The zero-order chi connectivity index (χ0) is 16.7. The van der Waals surface area contributed by atoms with Crippen LogP contribution in [0.1, 0.15) is 10.4 Å². The number of nitrogens with two attached hydrogens (primary N) is 1. The fourth-order valence-corrected chi connectivity index (χ4v) is 1.56. The highest BCUT2D eigenvalue weighted by Crippen LogP contribution is 2.29. The summed E-state index contributed by atoms with van der Waals surface area (Å²) in [7, 11) is 2.54. The van der Waals surface area contributed by atoms with Crippen LogP contribution in [0.3, 0.4) is 0 Å². The van der Waals surface area contributed by atoms with Crippen LogP contribution < -0.4 is 15.8 Å². The summed E-state index contributed by atoms with van der Waals surface area (Å²) in [5.74, 6) is -1.92. The summed E-state index contributed by atoms with van der Waals surface area (Å²) in [5.41, 5.74) is 5.87. The fraction of sp³-hybridized carbons (Fsp3) is 0.308. The van der Waals surface area contributed by atoms with E-state index < -0.39 is 24.5 Å². The van der Waals surface area contributed by atoms with Crippen molar-refractivity contribution in [3.05, 3.63) is 22.7 Å². The van der Waals surface area contributed by atoms with Crippen LogP contribution in [-0.4, -0.2) is 45.2 Å². The topological polar surface area (TPSA) is 117 Å². The van der Waals surface area contributed by atoms with E-state index in [2.05, 4.69) is 10.1 Å². The third-order valence-corrected chi connectivity index (χ3v) is 2.86. The van der Waals surface area contributed by atoms with Crippen molar-refractivity contribution in [3.63, 3.8) is 0 Å². The molecule has 0 heterocycles. The van der Waals surface area contributed by atoms with Crippen LogP contribution >= 0.6 is 11.6 Å². The lowest BCUT2D eigenvalue weighted by atomic mass is 10.2. The van der Waals surface area contributed by atoms with Gasteiger partial charge in [0, 0.05) is 6.07 Å². The number of methoxy groups -OCH3 is 2. The minimum absolute atomic E-state index is 0.0301. The first-order valence-corrected chi connectivity index (χ1v) is 6.40. The first kappa shape index (κ1) is 17.6. The maximum absolute atomic E-state index is 11.9. The highest BCUT2D eigenvalue weighted by molar-refractivity contribution is 6.33. The Kier molecular flexibility index (Phi) is 6.46. The number of benzene rings is 1. The normalized spacial score (nSPS) is 9.77. The Morgan fingerprint density at radius 2 is 1.95 bits per heavy atom. The van der Waals surface area contributed by atoms with Crippen molar-refractivity contribution in [3.8, 4) is 5.75 Å². The third kappa shape index (κ3) is 4.81. The van der Waals surface area contributed by atoms with Crippen molar-refractivity contribution in [2.24, 2.45) is 0 Å². The molecule has 0 atom stereocenters. The van der Waals surface area contributed by atoms with Gasteiger partial charge in [-0.15, -0.1) is 0 Å². The van der Waals surface area contributed by atoms with Gasteiger partial charge in [-0.2, -0.15) is 0 Å². The third-order valence-electron chi connectivity index (χ3n) is 2.53. The number of rotatable bonds is 6. The molecule has 120 valence electrons. The monoisotopic (exact) mass is 330 g/mol. The Labute approximate surface area is 131 Å². The Morgan fingerprint density at radius 1 is 1.27 bits per heavy atom. The molecular formula is C13H15ClN2O6. The predicted molar refractivity (Wildman–Crippen MR) is 77.7 cm³/mol. The summed E-state index contributed by atoms with van der Waals surface area (Å²) >= 11 is 5.83. The van der Waals surface area contributed by atoms with Crippen molar-refractivity contribution in [1.82, 2.24) is 5.32 Å². The molecule has 1 aromatic rings. The van der Waals surface area contributed by atoms with Gasteiger partial charge < -0.3 is 25.3 Å². The Hall–Kier alpha value is -2.48. The second-order valence-electron chi connectivity index (χ2n) is 4.00. The van der Waals surface area contributed by atoms with Crippen LogP contribution in [0.2, 0.25) is 5.02 Å². The minimum atomic E-state index is -0.813. The highest BCUT2D eigenvalue weighted by atomic mass is 35.5. The Balaban J connectivity index is 2.64. The molecule has 0 fully saturated rings. The molecule has 3 N–H and O–H groups in total. The van der Waals surface area contributed by atoms with Gasteiger partial charge in [0.2, 0.25) is 0 Å². The molecule has 9 heteroatoms. The molecule has 0 radical (unpaired) electrons. The van der Waals surface area contributed by atoms with Crippen LogP contribution in [0, 0.1) is 0 Å². The molecule has 0 aliphatic carbocycles. The number of halogens is 1. The fourth-order valence-electron chi connectivity index (χ4n) is 1.40. The van der Waals surface area contributed by atoms with Crippen LogP contribution in [0.4, 0.5) is 5.69 Å². The summed E-state index contributed by atoms with van der Waals surface area (Å²) in [6.45, 7) is -0.884. The summed E-state index contributed by atoms with van der Waals surface area (Å²) in [6.07, 6.45) is 0. The maximum atomic E-state index is 11.9. The first-order chi connectivity index (χ1) is 10.4. The van der Waals surface area contributed by atoms with Crippen molar-refractivity contribution in [2.45, 2.75) is 0 Å². The number of nitrogens with one attached hydrogen (secondary N) is 1. The van der Waals surface area contributed by atoms with Gasteiger partial charge in [-0.3, -0.25) is 9.59 Å². The molecule has 0 aliphatic rings. The maximum Gasteiger partial charge on any atom is 0.342 e. The van der Waals surface area contributed by atoms with E-state index in [0.717, 1.165) is 0 Å². The minimum Gasteiger partial charge on any atom is -0.496 e. The molecular weight excluding hydrogens is 316 g/mol. The van der Waals surface area contributed by atoms with Gasteiger partial charge in [0.25, 0.3) is 5.91 Å². The van der Waals surface area contributed by atoms with Gasteiger partial charge in [-0.1, -0.05) is 11.6 Å². The van der Waals surface area contributed by atoms with Gasteiger partial charge in [0.15, 0.2) is 6.61 Å². The number of nitrogen functional groups attached to an aromatic ring is 1. The smallest absolute Gasteiger partial charge is 0.342 e. The molecule has 1 rings (SSSR count). The average Bonchev–Trinajstić information content (AvgIpc) is 2.52. The predicted octanol–water partition coefficient (Wildman–Crippen LogP) is 0.377. The number of anilines is 1. The van der Waals surface area contributed by atoms with E-state index in [1.165, 1.54) is 26.4 Å². The molecule has 0 spiro atoms. The molecule has 0 aromatic heterocycles. The van der Waals surface area contributed by atoms with Crippen molar-refractivity contribution >= 4 is 35.1 Å². The second kappa shape index (κ2) is 8.08. The lowest BCUT2D eigenvalue weighted by Gasteiger charge is -2.10. The molecule has 0 unspecified atom stereocenters. The number of carbonyl (C=O) groups is 3. The van der Waals surface area contributed by atoms with Crippen LogP contribution in [0.15, 0.2) is 12.1 Å². The van der Waals surface area contributed by atoms with Gasteiger partial charge in [0.05, 0.1) is 24.9 Å². The molecule has 0 saturated heterocycles. The number of hydrogen-bond acceptors (Lipinski definition) is 7. The second-order valence-corrected chi connectivity index (χ2v) is 4.41. The van der Waals surface area contributed by atoms with Gasteiger partial charge in [0.1, 0.15) is 17.9 Å². The van der Waals surface area contributed by atoms with E-state index >= 15 is 0 Å². The van der Waals surface area contributed by atoms with Gasteiger partial charge >= 0.3 is 11.9 Å². The molecule has 1 amide bonds. The molecule has 1 aromatic carbocycles. The Morgan fingerprint density at radius 3 is 2.55 bits per heavy atom. The van der Waals surface area contributed by atoms with Crippen molar-refractivity contribution in [2.75, 3.05) is 33.1 Å². The molecule has 0 aliphatic heterocycles. The van der Waals surface area contributed by atoms with E-state index in [0.29, 0.717) is 0 Å². The van der Waals surface area contributed by atoms with E-state index in [9.17, 15) is 14.4 Å². The van der Waals surface area contributed by atoms with Crippen molar-refractivity contribution in [1.29, 1.82) is 0 Å². The van der Waals surface area contributed by atoms with Crippen molar-refractivity contribution < 1.29 is 28.6 Å². The van der Waals surface area contributed by atoms with Gasteiger partial charge in [-0.25, -0.2) is 4.79 Å². The molecule has 22 heavy (non-hydrogen) atoms. The van der Waals surface area contributed by atoms with Crippen LogP contribution in [0.5, 0.6) is 5.75 Å². The number of amides is 1. The van der Waals surface area contributed by atoms with Gasteiger partial charge in [-0.05, 0) is 6.07 Å². The van der Waals surface area contributed by atoms with E-state index in [4.69, 9.17) is 26.8 Å². The lowest BCUT2D eigenvalue weighted by molar-refractivity contribution is -0.141. The highest BCUT2D eigenvalue weighted by Gasteiger charge is 2.17. The summed E-state index contributed by atoms with van der Waals surface area (Å²) in [6, 6.07) is 2.65. The number of ether oxygens (including phenoxy) is 3. The molecule has 8 nitrogen and oxygen atoms in total.